The fourth-order valence-electron chi connectivity index (χ4n) is 4.74. The Hall–Kier alpha value is -3.22. The first-order chi connectivity index (χ1) is 16.7. The van der Waals surface area contributed by atoms with E-state index >= 15 is 0 Å². The number of likely N-dealkylation sites (N-methyl/N-ethyl adjacent to an activating group) is 1. The van der Waals surface area contributed by atoms with E-state index in [9.17, 15) is 4.79 Å². The molecule has 0 aliphatic carbocycles. The third kappa shape index (κ3) is 3.81. The Bertz CT molecular complexity index is 1570. The second kappa shape index (κ2) is 8.77. The van der Waals surface area contributed by atoms with E-state index in [1.165, 1.54) is 10.9 Å². The number of carbonyl (C=O) groups excluding carboxylic acids is 1. The molecule has 0 spiro atoms. The summed E-state index contributed by atoms with van der Waals surface area (Å²) in [4.78, 5) is 16.9. The molecule has 0 bridgehead atoms. The van der Waals surface area contributed by atoms with Crippen molar-refractivity contribution in [2.75, 3.05) is 11.9 Å². The van der Waals surface area contributed by atoms with Crippen LogP contribution in [0, 0.1) is 27.7 Å². The van der Waals surface area contributed by atoms with Gasteiger partial charge in [0.2, 0.25) is 0 Å². The summed E-state index contributed by atoms with van der Waals surface area (Å²) in [5.41, 5.74) is 7.95. The second-order valence-electron chi connectivity index (χ2n) is 9.05. The fourth-order valence-corrected chi connectivity index (χ4v) is 5.51. The Morgan fingerprint density at radius 3 is 2.31 bits per heavy atom. The molecule has 176 valence electrons. The van der Waals surface area contributed by atoms with Gasteiger partial charge in [-0.1, -0.05) is 46.3 Å². The first-order valence-corrected chi connectivity index (χ1v) is 12.7. The van der Waals surface area contributed by atoms with Crippen LogP contribution in [0.1, 0.15) is 28.1 Å². The molecule has 0 saturated carbocycles. The summed E-state index contributed by atoms with van der Waals surface area (Å²) in [6.07, 6.45) is 1.95. The number of halogens is 1. The number of hydrogen-bond acceptors (Lipinski definition) is 2. The van der Waals surface area contributed by atoms with Gasteiger partial charge in [-0.2, -0.15) is 0 Å². The summed E-state index contributed by atoms with van der Waals surface area (Å²) >= 11 is 9.36. The smallest absolute Gasteiger partial charge is 0.281 e. The number of hydrogen-bond donors (Lipinski definition) is 0. The zero-order chi connectivity index (χ0) is 25.0. The fraction of sp³-hybridized carbons (Fsp3) is 0.172. The van der Waals surface area contributed by atoms with Crippen LogP contribution in [0.2, 0.25) is 0 Å². The van der Waals surface area contributed by atoms with Crippen molar-refractivity contribution in [2.24, 2.45) is 0 Å². The lowest BCUT2D eigenvalue weighted by Crippen LogP contribution is -2.31. The maximum absolute atomic E-state index is 13.5. The molecule has 1 aromatic heterocycles. The molecule has 2 heterocycles. The first kappa shape index (κ1) is 23.5. The number of carbonyl (C=O) groups is 1. The SMILES string of the molecule is Cc1ccc(N2C(=O)/C(=C/c3cc(C)n(-c4ccc(Br)c5ccccc45)c3C)N(C)C2=S)cc1C. The van der Waals surface area contributed by atoms with Gasteiger partial charge in [-0.15, -0.1) is 0 Å². The van der Waals surface area contributed by atoms with Gasteiger partial charge in [-0.25, -0.2) is 0 Å². The molecule has 0 radical (unpaired) electrons. The molecule has 4 aromatic rings. The third-order valence-electron chi connectivity index (χ3n) is 6.86. The summed E-state index contributed by atoms with van der Waals surface area (Å²) in [7, 11) is 1.86. The third-order valence-corrected chi connectivity index (χ3v) is 8.01. The van der Waals surface area contributed by atoms with Crippen LogP contribution in [-0.2, 0) is 4.79 Å². The maximum atomic E-state index is 13.5. The summed E-state index contributed by atoms with van der Waals surface area (Å²) < 4.78 is 3.32. The first-order valence-electron chi connectivity index (χ1n) is 11.5. The maximum Gasteiger partial charge on any atom is 0.281 e. The molecule has 1 amide bonds. The highest BCUT2D eigenvalue weighted by Crippen LogP contribution is 2.34. The number of benzene rings is 3. The van der Waals surface area contributed by atoms with Crippen LogP contribution in [-0.4, -0.2) is 27.5 Å². The van der Waals surface area contributed by atoms with Gasteiger partial charge < -0.3 is 9.47 Å². The van der Waals surface area contributed by atoms with E-state index in [1.807, 2.05) is 44.3 Å². The highest BCUT2D eigenvalue weighted by atomic mass is 79.9. The number of nitrogens with zero attached hydrogens (tertiary/aromatic N) is 3. The number of anilines is 1. The van der Waals surface area contributed by atoms with Crippen molar-refractivity contribution >= 4 is 61.7 Å². The van der Waals surface area contributed by atoms with E-state index in [-0.39, 0.29) is 5.91 Å². The van der Waals surface area contributed by atoms with Gasteiger partial charge >= 0.3 is 0 Å². The molecule has 1 aliphatic heterocycles. The van der Waals surface area contributed by atoms with Gasteiger partial charge in [0, 0.05) is 28.3 Å². The molecule has 0 N–H and O–H groups in total. The average molecular weight is 545 g/mol. The van der Waals surface area contributed by atoms with Gasteiger partial charge in [0.25, 0.3) is 5.91 Å². The van der Waals surface area contributed by atoms with E-state index in [4.69, 9.17) is 12.2 Å². The lowest BCUT2D eigenvalue weighted by molar-refractivity contribution is -0.114. The minimum Gasteiger partial charge on any atom is -0.317 e. The summed E-state index contributed by atoms with van der Waals surface area (Å²) in [5.74, 6) is -0.111. The summed E-state index contributed by atoms with van der Waals surface area (Å²) in [5, 5.41) is 2.81. The van der Waals surface area contributed by atoms with Gasteiger partial charge in [-0.3, -0.25) is 9.69 Å². The van der Waals surface area contributed by atoms with E-state index in [0.717, 1.165) is 43.7 Å². The van der Waals surface area contributed by atoms with Crippen molar-refractivity contribution in [3.63, 3.8) is 0 Å². The van der Waals surface area contributed by atoms with Crippen LogP contribution in [0.15, 0.2) is 70.8 Å². The van der Waals surface area contributed by atoms with Crippen LogP contribution >= 0.6 is 28.1 Å². The molecule has 35 heavy (non-hydrogen) atoms. The molecule has 6 heteroatoms. The Kier molecular flexibility index (Phi) is 5.90. The topological polar surface area (TPSA) is 28.5 Å². The monoisotopic (exact) mass is 543 g/mol. The highest BCUT2D eigenvalue weighted by molar-refractivity contribution is 9.10. The molecular formula is C29H26BrN3OS. The van der Waals surface area contributed by atoms with Gasteiger partial charge in [0.1, 0.15) is 5.70 Å². The van der Waals surface area contributed by atoms with Crippen molar-refractivity contribution in [3.8, 4) is 5.69 Å². The Morgan fingerprint density at radius 2 is 1.60 bits per heavy atom. The van der Waals surface area contributed by atoms with Gasteiger partial charge in [0.05, 0.1) is 11.4 Å². The summed E-state index contributed by atoms with van der Waals surface area (Å²) in [6, 6.07) is 20.7. The summed E-state index contributed by atoms with van der Waals surface area (Å²) in [6.45, 7) is 8.29. The molecule has 1 aliphatic rings. The predicted molar refractivity (Wildman–Crippen MR) is 152 cm³/mol. The average Bonchev–Trinajstić information content (AvgIpc) is 3.23. The van der Waals surface area contributed by atoms with E-state index in [0.29, 0.717) is 10.8 Å². The van der Waals surface area contributed by atoms with E-state index < -0.39 is 0 Å². The molecule has 4 nitrogen and oxygen atoms in total. The highest BCUT2D eigenvalue weighted by Gasteiger charge is 2.37. The Labute approximate surface area is 219 Å². The Balaban J connectivity index is 1.59. The Morgan fingerprint density at radius 1 is 0.886 bits per heavy atom. The van der Waals surface area contributed by atoms with Crippen molar-refractivity contribution in [1.29, 1.82) is 0 Å². The quantitative estimate of drug-likeness (QED) is 0.201. The molecule has 0 atom stereocenters. The second-order valence-corrected chi connectivity index (χ2v) is 10.3. The van der Waals surface area contributed by atoms with Crippen molar-refractivity contribution in [3.05, 3.63) is 98.9 Å². The number of fused-ring (bicyclic) bond motifs is 1. The number of aromatic nitrogens is 1. The van der Waals surface area contributed by atoms with Crippen molar-refractivity contribution < 1.29 is 4.79 Å². The van der Waals surface area contributed by atoms with Crippen LogP contribution < -0.4 is 4.90 Å². The van der Waals surface area contributed by atoms with E-state index in [2.05, 4.69) is 77.7 Å². The van der Waals surface area contributed by atoms with Crippen molar-refractivity contribution in [1.82, 2.24) is 9.47 Å². The van der Waals surface area contributed by atoms with E-state index in [1.54, 1.807) is 9.80 Å². The number of thiocarbonyl (C=S) groups is 1. The van der Waals surface area contributed by atoms with Crippen LogP contribution in [0.3, 0.4) is 0 Å². The lowest BCUT2D eigenvalue weighted by Gasteiger charge is -2.17. The van der Waals surface area contributed by atoms with Crippen LogP contribution in [0.5, 0.6) is 0 Å². The van der Waals surface area contributed by atoms with Gasteiger partial charge in [-0.05, 0) is 98.4 Å². The minimum absolute atomic E-state index is 0.111. The molecule has 1 saturated heterocycles. The lowest BCUT2D eigenvalue weighted by atomic mass is 10.1. The normalized spacial score (nSPS) is 15.2. The zero-order valence-electron chi connectivity index (χ0n) is 20.4. The number of rotatable bonds is 3. The minimum atomic E-state index is -0.111. The molecule has 0 unspecified atom stereocenters. The zero-order valence-corrected chi connectivity index (χ0v) is 22.8. The molecule has 3 aromatic carbocycles. The predicted octanol–water partition coefficient (Wildman–Crippen LogP) is 7.23. The van der Waals surface area contributed by atoms with Crippen molar-refractivity contribution in [2.45, 2.75) is 27.7 Å². The van der Waals surface area contributed by atoms with Gasteiger partial charge in [0.15, 0.2) is 5.11 Å². The van der Waals surface area contributed by atoms with Crippen LogP contribution in [0.4, 0.5) is 5.69 Å². The number of amides is 1. The molecular weight excluding hydrogens is 518 g/mol. The number of aryl methyl sites for hydroxylation is 3. The molecule has 5 rings (SSSR count). The standard InChI is InChI=1S/C29H26BrN3OS/c1-17-10-11-22(14-18(17)2)33-28(34)27(31(5)29(33)35)16-21-15-19(3)32(20(21)4)26-13-12-25(30)23-8-6-7-9-24(23)26/h6-16H,1-5H3/b27-16-. The largest absolute Gasteiger partial charge is 0.317 e. The van der Waals surface area contributed by atoms with Crippen LogP contribution in [0.25, 0.3) is 22.5 Å². The molecule has 1 fully saturated rings.